The van der Waals surface area contributed by atoms with Crippen molar-refractivity contribution in [3.63, 3.8) is 0 Å². The molecule has 90 valence electrons. The average Bonchev–Trinajstić information content (AvgIpc) is 2.17. The molecule has 5 heteroatoms. The van der Waals surface area contributed by atoms with Crippen LogP contribution in [0.25, 0.3) is 0 Å². The van der Waals surface area contributed by atoms with E-state index in [0.29, 0.717) is 6.54 Å². The fraction of sp³-hybridized carbons (Fsp3) is 0.455. The van der Waals surface area contributed by atoms with Crippen molar-refractivity contribution in [3.05, 3.63) is 35.4 Å². The van der Waals surface area contributed by atoms with Crippen molar-refractivity contribution < 1.29 is 8.42 Å². The number of hydrogen-bond acceptors (Lipinski definition) is 2. The van der Waals surface area contributed by atoms with Crippen molar-refractivity contribution in [2.24, 2.45) is 0 Å². The first-order chi connectivity index (χ1) is 7.45. The maximum Gasteiger partial charge on any atom is 0.215 e. The quantitative estimate of drug-likeness (QED) is 0.761. The lowest BCUT2D eigenvalue weighted by Gasteiger charge is -2.16. The summed E-state index contributed by atoms with van der Waals surface area (Å²) >= 11 is 5.45. The van der Waals surface area contributed by atoms with Gasteiger partial charge in [0, 0.05) is 19.5 Å². The fourth-order valence-corrected chi connectivity index (χ4v) is 2.86. The van der Waals surface area contributed by atoms with Crippen LogP contribution in [-0.4, -0.2) is 31.4 Å². The van der Waals surface area contributed by atoms with Gasteiger partial charge in [-0.25, -0.2) is 12.7 Å². The Balaban J connectivity index is 2.75. The Morgan fingerprint density at radius 3 is 2.62 bits per heavy atom. The Hall–Kier alpha value is -0.580. The zero-order chi connectivity index (χ0) is 12.2. The maximum absolute atomic E-state index is 11.7. The third-order valence-corrected chi connectivity index (χ3v) is 4.51. The molecule has 1 aromatic carbocycles. The minimum atomic E-state index is -3.22. The number of nitrogens with zero attached hydrogens (tertiary/aromatic N) is 1. The SMILES string of the molecule is Cc1cccc(CN(C)S(=O)(=O)CCCl)c1. The molecule has 0 atom stereocenters. The summed E-state index contributed by atoms with van der Waals surface area (Å²) in [5.41, 5.74) is 2.11. The Morgan fingerprint density at radius 2 is 2.06 bits per heavy atom. The van der Waals surface area contributed by atoms with Crippen LogP contribution in [0.3, 0.4) is 0 Å². The molecule has 0 saturated carbocycles. The predicted octanol–water partition coefficient (Wildman–Crippen LogP) is 2.00. The first-order valence-corrected chi connectivity index (χ1v) is 7.15. The number of sulfonamides is 1. The summed E-state index contributed by atoms with van der Waals surface area (Å²) in [7, 11) is -1.65. The second-order valence-electron chi connectivity index (χ2n) is 3.75. The monoisotopic (exact) mass is 261 g/mol. The highest BCUT2D eigenvalue weighted by Gasteiger charge is 2.16. The highest BCUT2D eigenvalue weighted by molar-refractivity contribution is 7.89. The second-order valence-corrected chi connectivity index (χ2v) is 6.32. The highest BCUT2D eigenvalue weighted by Crippen LogP contribution is 2.09. The van der Waals surface area contributed by atoms with E-state index in [2.05, 4.69) is 0 Å². The molecule has 0 saturated heterocycles. The van der Waals surface area contributed by atoms with Crippen molar-refractivity contribution in [2.75, 3.05) is 18.7 Å². The summed E-state index contributed by atoms with van der Waals surface area (Å²) in [5, 5.41) is 0. The van der Waals surface area contributed by atoms with Crippen molar-refractivity contribution >= 4 is 21.6 Å². The van der Waals surface area contributed by atoms with E-state index in [1.54, 1.807) is 7.05 Å². The van der Waals surface area contributed by atoms with E-state index in [9.17, 15) is 8.42 Å². The van der Waals surface area contributed by atoms with Gasteiger partial charge in [0.25, 0.3) is 0 Å². The number of rotatable bonds is 5. The molecule has 0 spiro atoms. The van der Waals surface area contributed by atoms with E-state index in [4.69, 9.17) is 11.6 Å². The molecule has 0 heterocycles. The van der Waals surface area contributed by atoms with Crippen LogP contribution in [0.4, 0.5) is 0 Å². The molecule has 1 aromatic rings. The van der Waals surface area contributed by atoms with Crippen molar-refractivity contribution in [1.29, 1.82) is 0 Å². The topological polar surface area (TPSA) is 37.4 Å². The Bertz CT molecular complexity index is 445. The standard InChI is InChI=1S/C11H16ClNO2S/c1-10-4-3-5-11(8-10)9-13(2)16(14,15)7-6-12/h3-5,8H,6-7,9H2,1-2H3. The van der Waals surface area contributed by atoms with Gasteiger partial charge in [-0.3, -0.25) is 0 Å². The Morgan fingerprint density at radius 1 is 1.38 bits per heavy atom. The van der Waals surface area contributed by atoms with Crippen LogP contribution < -0.4 is 0 Å². The van der Waals surface area contributed by atoms with Gasteiger partial charge in [0.1, 0.15) is 0 Å². The summed E-state index contributed by atoms with van der Waals surface area (Å²) in [6, 6.07) is 7.80. The molecular formula is C11H16ClNO2S. The number of alkyl halides is 1. The van der Waals surface area contributed by atoms with Gasteiger partial charge in [-0.15, -0.1) is 11.6 Å². The zero-order valence-corrected chi connectivity index (χ0v) is 11.1. The van der Waals surface area contributed by atoms with E-state index in [1.807, 2.05) is 31.2 Å². The normalized spacial score (nSPS) is 12.0. The first-order valence-electron chi connectivity index (χ1n) is 5.01. The van der Waals surface area contributed by atoms with Crippen molar-refractivity contribution in [1.82, 2.24) is 4.31 Å². The van der Waals surface area contributed by atoms with Crippen LogP contribution in [0, 0.1) is 6.92 Å². The molecule has 0 aliphatic rings. The lowest BCUT2D eigenvalue weighted by Crippen LogP contribution is -2.29. The molecule has 3 nitrogen and oxygen atoms in total. The number of halogens is 1. The van der Waals surface area contributed by atoms with Crippen molar-refractivity contribution in [3.8, 4) is 0 Å². The predicted molar refractivity (Wildman–Crippen MR) is 67.2 cm³/mol. The highest BCUT2D eigenvalue weighted by atomic mass is 35.5. The Kier molecular flexibility index (Phi) is 4.77. The van der Waals surface area contributed by atoms with Gasteiger partial charge in [-0.05, 0) is 12.5 Å². The van der Waals surface area contributed by atoms with Crippen LogP contribution in [0.2, 0.25) is 0 Å². The van der Waals surface area contributed by atoms with Gasteiger partial charge in [0.15, 0.2) is 0 Å². The molecule has 0 aliphatic carbocycles. The molecule has 0 N–H and O–H groups in total. The molecule has 1 rings (SSSR count). The van der Waals surface area contributed by atoms with E-state index >= 15 is 0 Å². The molecule has 0 amide bonds. The van der Waals surface area contributed by atoms with Crippen LogP contribution in [0.5, 0.6) is 0 Å². The zero-order valence-electron chi connectivity index (χ0n) is 9.48. The van der Waals surface area contributed by atoms with Crippen LogP contribution in [-0.2, 0) is 16.6 Å². The molecule has 16 heavy (non-hydrogen) atoms. The van der Waals surface area contributed by atoms with Crippen molar-refractivity contribution in [2.45, 2.75) is 13.5 Å². The number of aryl methyl sites for hydroxylation is 1. The summed E-state index contributed by atoms with van der Waals surface area (Å²) in [6.45, 7) is 2.37. The van der Waals surface area contributed by atoms with Gasteiger partial charge >= 0.3 is 0 Å². The van der Waals surface area contributed by atoms with Gasteiger partial charge in [0.05, 0.1) is 5.75 Å². The fourth-order valence-electron chi connectivity index (χ4n) is 1.42. The van der Waals surface area contributed by atoms with Gasteiger partial charge in [-0.1, -0.05) is 29.8 Å². The summed E-state index contributed by atoms with van der Waals surface area (Å²) < 4.78 is 24.7. The third-order valence-electron chi connectivity index (χ3n) is 2.30. The molecule has 0 bridgehead atoms. The number of benzene rings is 1. The maximum atomic E-state index is 11.7. The minimum absolute atomic E-state index is 0.0170. The van der Waals surface area contributed by atoms with Gasteiger partial charge in [-0.2, -0.15) is 0 Å². The second kappa shape index (κ2) is 5.66. The van der Waals surface area contributed by atoms with Crippen LogP contribution >= 0.6 is 11.6 Å². The van der Waals surface area contributed by atoms with E-state index in [-0.39, 0.29) is 11.6 Å². The van der Waals surface area contributed by atoms with E-state index in [0.717, 1.165) is 11.1 Å². The molecule has 0 unspecified atom stereocenters. The summed E-state index contributed by atoms with van der Waals surface area (Å²) in [6.07, 6.45) is 0. The average molecular weight is 262 g/mol. The van der Waals surface area contributed by atoms with Crippen LogP contribution in [0.15, 0.2) is 24.3 Å². The van der Waals surface area contributed by atoms with Gasteiger partial charge in [0.2, 0.25) is 10.0 Å². The first kappa shape index (κ1) is 13.5. The lowest BCUT2D eigenvalue weighted by molar-refractivity contribution is 0.468. The van der Waals surface area contributed by atoms with E-state index < -0.39 is 10.0 Å². The van der Waals surface area contributed by atoms with Gasteiger partial charge < -0.3 is 0 Å². The minimum Gasteiger partial charge on any atom is -0.212 e. The Labute approximate surface area is 102 Å². The smallest absolute Gasteiger partial charge is 0.212 e. The van der Waals surface area contributed by atoms with E-state index in [1.165, 1.54) is 4.31 Å². The summed E-state index contributed by atoms with van der Waals surface area (Å²) in [5.74, 6) is 0.108. The molecule has 0 fully saturated rings. The lowest BCUT2D eigenvalue weighted by atomic mass is 10.1. The largest absolute Gasteiger partial charge is 0.215 e. The molecular weight excluding hydrogens is 246 g/mol. The molecule has 0 aliphatic heterocycles. The third kappa shape index (κ3) is 3.77. The number of hydrogen-bond donors (Lipinski definition) is 0. The summed E-state index contributed by atoms with van der Waals surface area (Å²) in [4.78, 5) is 0. The van der Waals surface area contributed by atoms with Crippen LogP contribution in [0.1, 0.15) is 11.1 Å². The molecule has 0 aromatic heterocycles. The molecule has 0 radical (unpaired) electrons.